The molecule has 0 saturated carbocycles. The highest BCUT2D eigenvalue weighted by Crippen LogP contribution is 2.38. The van der Waals surface area contributed by atoms with Crippen LogP contribution >= 0.6 is 23.2 Å². The van der Waals surface area contributed by atoms with Crippen LogP contribution in [0.5, 0.6) is 0 Å². The maximum atomic E-state index is 13.2. The van der Waals surface area contributed by atoms with Crippen LogP contribution in [0.4, 0.5) is 0 Å². The lowest BCUT2D eigenvalue weighted by Gasteiger charge is -2.45. The Kier molecular flexibility index (Phi) is 19.5. The van der Waals surface area contributed by atoms with E-state index in [1.54, 1.807) is 0 Å². The third-order valence-corrected chi connectivity index (χ3v) is 14.4. The number of halogens is 2. The lowest BCUT2D eigenvalue weighted by atomic mass is 9.79. The van der Waals surface area contributed by atoms with Crippen LogP contribution < -0.4 is 0 Å². The van der Waals surface area contributed by atoms with Gasteiger partial charge in [0.1, 0.15) is 0 Å². The van der Waals surface area contributed by atoms with E-state index in [0.29, 0.717) is 36.3 Å². The van der Waals surface area contributed by atoms with Gasteiger partial charge >= 0.3 is 11.9 Å². The Balaban J connectivity index is 0.000000266. The molecule has 3 fully saturated rings. The highest BCUT2D eigenvalue weighted by molar-refractivity contribution is 7.84. The van der Waals surface area contributed by atoms with E-state index in [2.05, 4.69) is 0 Å². The molecule has 0 spiro atoms. The summed E-state index contributed by atoms with van der Waals surface area (Å²) in [6.45, 7) is 21.1. The molecular formula is C43H66Cl2N2O7S2. The van der Waals surface area contributed by atoms with Gasteiger partial charge in [-0.25, -0.2) is 17.0 Å². The minimum absolute atomic E-state index is 0.124. The molecule has 3 aliphatic rings. The molecule has 56 heavy (non-hydrogen) atoms. The molecule has 13 heteroatoms. The number of nitrogens with zero attached hydrogens (tertiary/aromatic N) is 2. The Morgan fingerprint density at radius 3 is 1.64 bits per heavy atom. The molecule has 5 rings (SSSR count). The molecule has 0 aliphatic carbocycles. The summed E-state index contributed by atoms with van der Waals surface area (Å²) in [5, 5.41) is 1.42. The second-order valence-corrected chi connectivity index (χ2v) is 22.3. The van der Waals surface area contributed by atoms with Gasteiger partial charge in [-0.05, 0) is 149 Å². The van der Waals surface area contributed by atoms with E-state index in [1.807, 2.05) is 119 Å². The number of hydrogen-bond acceptors (Lipinski definition) is 7. The predicted molar refractivity (Wildman–Crippen MR) is 230 cm³/mol. The molecular weight excluding hydrogens is 792 g/mol. The largest absolute Gasteiger partial charge is 0.466 e. The van der Waals surface area contributed by atoms with E-state index in [9.17, 15) is 18.0 Å². The van der Waals surface area contributed by atoms with Crippen LogP contribution in [0, 0.1) is 11.3 Å². The molecule has 3 heterocycles. The van der Waals surface area contributed by atoms with Crippen molar-refractivity contribution in [3.05, 3.63) is 69.7 Å². The van der Waals surface area contributed by atoms with Gasteiger partial charge in [0.05, 0.1) is 56.0 Å². The van der Waals surface area contributed by atoms with Gasteiger partial charge in [-0.2, -0.15) is 0 Å². The van der Waals surface area contributed by atoms with Crippen molar-refractivity contribution in [1.82, 2.24) is 8.61 Å². The van der Waals surface area contributed by atoms with Crippen molar-refractivity contribution in [2.75, 3.05) is 39.5 Å². The number of ether oxygens (including phenoxy) is 3. The standard InChI is InChI=1S/C20H30ClNO3S.C19H28ClNO3S.C4H8O/c1-6-25-18(23)20(5)12-11-17(13-15-7-9-16(21)10-8-15)22(14-20)26(24)19(2,3)4;1-5-24-18(22)15-8-11-17(12-14-6-9-16(20)10-7-14)21(13-15)25(23)19(2,3)4;1-2-4-5-3-1/h7-10,17H,6,11-14H2,1-5H3;6-7,9-10,15,17H,5,8,11-13H2,1-4H3;1-4H2. The maximum absolute atomic E-state index is 13.2. The molecule has 2 aromatic rings. The number of carbonyl (C=O) groups excluding carboxylic acids is 2. The summed E-state index contributed by atoms with van der Waals surface area (Å²) in [6.07, 6.45) is 7.29. The van der Waals surface area contributed by atoms with Crippen LogP contribution in [-0.2, 0) is 58.6 Å². The number of benzene rings is 2. The first-order chi connectivity index (χ1) is 26.3. The molecule has 0 amide bonds. The third kappa shape index (κ3) is 15.1. The zero-order chi connectivity index (χ0) is 41.7. The second-order valence-electron chi connectivity index (χ2n) is 17.0. The van der Waals surface area contributed by atoms with Crippen LogP contribution in [0.3, 0.4) is 0 Å². The van der Waals surface area contributed by atoms with Crippen LogP contribution in [0.2, 0.25) is 10.0 Å². The Morgan fingerprint density at radius 1 is 0.750 bits per heavy atom. The van der Waals surface area contributed by atoms with Gasteiger partial charge < -0.3 is 14.2 Å². The van der Waals surface area contributed by atoms with E-state index in [1.165, 1.54) is 18.4 Å². The number of carbonyl (C=O) groups is 2. The van der Waals surface area contributed by atoms with Crippen LogP contribution in [0.1, 0.15) is 112 Å². The van der Waals surface area contributed by atoms with Crippen molar-refractivity contribution in [3.63, 3.8) is 0 Å². The lowest BCUT2D eigenvalue weighted by molar-refractivity contribution is -0.157. The number of rotatable bonds is 10. The average Bonchev–Trinajstić information content (AvgIpc) is 3.74. The molecule has 0 radical (unpaired) electrons. The fourth-order valence-electron chi connectivity index (χ4n) is 6.90. The Labute approximate surface area is 352 Å². The van der Waals surface area contributed by atoms with E-state index in [4.69, 9.17) is 37.4 Å². The van der Waals surface area contributed by atoms with Crippen molar-refractivity contribution in [1.29, 1.82) is 0 Å². The van der Waals surface area contributed by atoms with E-state index >= 15 is 0 Å². The topological polar surface area (TPSA) is 102 Å². The molecule has 0 aromatic heterocycles. The second kappa shape index (κ2) is 22.5. The summed E-state index contributed by atoms with van der Waals surface area (Å²) in [4.78, 5) is 24.6. The first-order valence-electron chi connectivity index (χ1n) is 20.1. The van der Waals surface area contributed by atoms with Crippen molar-refractivity contribution in [2.45, 2.75) is 135 Å². The fourth-order valence-corrected chi connectivity index (χ4v) is 10.2. The van der Waals surface area contributed by atoms with Crippen molar-refractivity contribution >= 4 is 57.1 Å². The molecule has 3 aliphatic heterocycles. The lowest BCUT2D eigenvalue weighted by Crippen LogP contribution is -2.55. The summed E-state index contributed by atoms with van der Waals surface area (Å²) in [7, 11) is -2.37. The summed E-state index contributed by atoms with van der Waals surface area (Å²) in [5.41, 5.74) is 1.71. The van der Waals surface area contributed by atoms with Crippen molar-refractivity contribution < 1.29 is 32.2 Å². The van der Waals surface area contributed by atoms with E-state index < -0.39 is 27.4 Å². The van der Waals surface area contributed by atoms with Gasteiger partial charge in [0.15, 0.2) is 0 Å². The highest BCUT2D eigenvalue weighted by Gasteiger charge is 2.46. The zero-order valence-electron chi connectivity index (χ0n) is 35.1. The Hall–Kier alpha value is -1.86. The van der Waals surface area contributed by atoms with Crippen LogP contribution in [-0.4, -0.2) is 90.1 Å². The van der Waals surface area contributed by atoms with E-state index in [-0.39, 0.29) is 39.4 Å². The van der Waals surface area contributed by atoms with Gasteiger partial charge in [-0.15, -0.1) is 0 Å². The van der Waals surface area contributed by atoms with Gasteiger partial charge in [-0.3, -0.25) is 9.59 Å². The SMILES string of the molecule is C1CCOC1.CCOC(=O)C1(C)CCC(Cc2ccc(Cl)cc2)N(S(=O)C(C)(C)C)C1.CCOC(=O)C1CCC(Cc2ccc(Cl)cc2)N(S(=O)C(C)(C)C)C1. The van der Waals surface area contributed by atoms with Gasteiger partial charge in [0.25, 0.3) is 0 Å². The number of piperidine rings is 2. The molecule has 0 bridgehead atoms. The molecule has 6 unspecified atom stereocenters. The van der Waals surface area contributed by atoms with E-state index in [0.717, 1.165) is 57.3 Å². The smallest absolute Gasteiger partial charge is 0.313 e. The van der Waals surface area contributed by atoms with Crippen LogP contribution in [0.15, 0.2) is 48.5 Å². The monoisotopic (exact) mass is 856 g/mol. The zero-order valence-corrected chi connectivity index (χ0v) is 38.2. The molecule has 9 nitrogen and oxygen atoms in total. The van der Waals surface area contributed by atoms with Crippen LogP contribution in [0.25, 0.3) is 0 Å². The first kappa shape index (κ1) is 48.5. The summed E-state index contributed by atoms with van der Waals surface area (Å²) >= 11 is 12.0. The predicted octanol–water partition coefficient (Wildman–Crippen LogP) is 9.16. The minimum Gasteiger partial charge on any atom is -0.466 e. The fraction of sp³-hybridized carbons (Fsp3) is 0.674. The highest BCUT2D eigenvalue weighted by atomic mass is 35.5. The number of esters is 2. The number of hydrogen-bond donors (Lipinski definition) is 0. The summed E-state index contributed by atoms with van der Waals surface area (Å²) in [6, 6.07) is 15.8. The Bertz CT molecular complexity index is 1570. The molecule has 2 aromatic carbocycles. The van der Waals surface area contributed by atoms with Crippen molar-refractivity contribution in [2.24, 2.45) is 11.3 Å². The normalized spacial score (nSPS) is 24.4. The average molecular weight is 858 g/mol. The molecule has 316 valence electrons. The molecule has 6 atom stereocenters. The minimum atomic E-state index is -1.20. The summed E-state index contributed by atoms with van der Waals surface area (Å²) in [5.74, 6) is -0.572. The van der Waals surface area contributed by atoms with Crippen molar-refractivity contribution in [3.8, 4) is 0 Å². The summed E-state index contributed by atoms with van der Waals surface area (Å²) < 4.78 is 44.9. The van der Waals surface area contributed by atoms with Gasteiger partial charge in [-0.1, -0.05) is 47.5 Å². The van der Waals surface area contributed by atoms with Gasteiger partial charge in [0.2, 0.25) is 0 Å². The molecule has 0 N–H and O–H groups in total. The van der Waals surface area contributed by atoms with Gasteiger partial charge in [0, 0.05) is 48.4 Å². The quantitative estimate of drug-likeness (QED) is 0.220. The first-order valence-corrected chi connectivity index (χ1v) is 23.0. The third-order valence-electron chi connectivity index (χ3n) is 10.1. The Morgan fingerprint density at radius 2 is 1.21 bits per heavy atom. The maximum Gasteiger partial charge on any atom is 0.313 e. The molecule has 3 saturated heterocycles.